The summed E-state index contributed by atoms with van der Waals surface area (Å²) >= 11 is 2.03. The van der Waals surface area contributed by atoms with Crippen LogP contribution in [0.3, 0.4) is 0 Å². The average Bonchev–Trinajstić information content (AvgIpc) is 3.71. The Balaban J connectivity index is 1.08. The first-order chi connectivity index (χ1) is 23.8. The molecule has 0 amide bonds. The fourth-order valence-electron chi connectivity index (χ4n) is 9.87. The maximum Gasteiger partial charge on any atom is 0.0381 e. The van der Waals surface area contributed by atoms with Crippen LogP contribution in [0.2, 0.25) is 0 Å². The highest BCUT2D eigenvalue weighted by atomic mass is 32.2. The van der Waals surface area contributed by atoms with Crippen LogP contribution >= 0.6 is 11.8 Å². The number of allylic oxidation sites excluding steroid dienone is 3. The number of rotatable bonds is 2. The van der Waals surface area contributed by atoms with Gasteiger partial charge in [-0.25, -0.2) is 0 Å². The number of hydrogen-bond donors (Lipinski definition) is 0. The Bertz CT molecular complexity index is 2700. The van der Waals surface area contributed by atoms with Crippen LogP contribution in [0.15, 0.2) is 138 Å². The van der Waals surface area contributed by atoms with E-state index in [4.69, 9.17) is 0 Å². The van der Waals surface area contributed by atoms with Crippen LogP contribution in [0, 0.1) is 0 Å². The first kappa shape index (κ1) is 28.0. The summed E-state index contributed by atoms with van der Waals surface area (Å²) in [6.45, 7) is 9.54. The van der Waals surface area contributed by atoms with Gasteiger partial charge in [-0.15, -0.1) is 11.8 Å². The number of hydrogen-bond acceptors (Lipinski definition) is 1. The molecule has 2 unspecified atom stereocenters. The molecular formula is C48H36S. The maximum atomic E-state index is 2.48. The average molecular weight is 645 g/mol. The molecule has 0 N–H and O–H groups in total. The molecule has 0 aromatic heterocycles. The van der Waals surface area contributed by atoms with Gasteiger partial charge in [-0.1, -0.05) is 143 Å². The molecule has 49 heavy (non-hydrogen) atoms. The Kier molecular flexibility index (Phi) is 5.40. The van der Waals surface area contributed by atoms with Crippen LogP contribution in [0.5, 0.6) is 0 Å². The van der Waals surface area contributed by atoms with Crippen LogP contribution in [0.1, 0.15) is 61.4 Å². The van der Waals surface area contributed by atoms with Gasteiger partial charge in [0.1, 0.15) is 0 Å². The molecule has 1 heteroatoms. The molecule has 7 aromatic carbocycles. The van der Waals surface area contributed by atoms with Gasteiger partial charge < -0.3 is 0 Å². The molecule has 0 bridgehead atoms. The standard InChI is InChI=1S/C48H36S/c1-47(2)39-22-19-28(27-18-21-31-33-12-8-15-41-44(33)45-34(36(31)24-27)13-9-16-42(45)48(41,3)4)25-37(39)38-26-29(20-23-40(38)47)30-11-7-14-35-32-10-5-6-17-43(32)49-46(30)35/h5-26,32,43H,1-4H3. The van der Waals surface area contributed by atoms with E-state index in [0.29, 0.717) is 11.2 Å². The minimum absolute atomic E-state index is 0.00537. The van der Waals surface area contributed by atoms with Crippen molar-refractivity contribution >= 4 is 44.1 Å². The maximum absolute atomic E-state index is 2.48. The minimum Gasteiger partial charge on any atom is -0.117 e. The molecule has 0 saturated carbocycles. The van der Waals surface area contributed by atoms with Crippen molar-refractivity contribution < 1.29 is 0 Å². The summed E-state index contributed by atoms with van der Waals surface area (Å²) in [6, 6.07) is 42.4. The quantitative estimate of drug-likeness (QED) is 0.169. The lowest BCUT2D eigenvalue weighted by atomic mass is 9.81. The Morgan fingerprint density at radius 3 is 1.82 bits per heavy atom. The van der Waals surface area contributed by atoms with Crippen molar-refractivity contribution in [3.63, 3.8) is 0 Å². The van der Waals surface area contributed by atoms with Gasteiger partial charge in [0.15, 0.2) is 0 Å². The molecule has 11 rings (SSSR count). The molecular weight excluding hydrogens is 609 g/mol. The number of fused-ring (bicyclic) bond motifs is 9. The highest BCUT2D eigenvalue weighted by Gasteiger charge is 2.38. The summed E-state index contributed by atoms with van der Waals surface area (Å²) in [4.78, 5) is 1.44. The summed E-state index contributed by atoms with van der Waals surface area (Å²) in [6.07, 6.45) is 9.15. The van der Waals surface area contributed by atoms with Crippen LogP contribution in [0.25, 0.3) is 65.7 Å². The van der Waals surface area contributed by atoms with Gasteiger partial charge in [-0.3, -0.25) is 0 Å². The van der Waals surface area contributed by atoms with Gasteiger partial charge in [-0.05, 0) is 112 Å². The van der Waals surface area contributed by atoms with Crippen molar-refractivity contribution in [2.24, 2.45) is 0 Å². The summed E-state index contributed by atoms with van der Waals surface area (Å²) in [5.41, 5.74) is 15.1. The van der Waals surface area contributed by atoms with E-state index in [-0.39, 0.29) is 10.8 Å². The smallest absolute Gasteiger partial charge is 0.0381 e. The fraction of sp³-hybridized carbons (Fsp3) is 0.167. The van der Waals surface area contributed by atoms with E-state index in [0.717, 1.165) is 0 Å². The monoisotopic (exact) mass is 644 g/mol. The predicted molar refractivity (Wildman–Crippen MR) is 210 cm³/mol. The minimum atomic E-state index is -0.0473. The summed E-state index contributed by atoms with van der Waals surface area (Å²) in [5, 5.41) is 8.82. The van der Waals surface area contributed by atoms with E-state index in [1.54, 1.807) is 0 Å². The topological polar surface area (TPSA) is 0 Å². The van der Waals surface area contributed by atoms with Gasteiger partial charge in [0.05, 0.1) is 0 Å². The third-order valence-corrected chi connectivity index (χ3v) is 13.8. The summed E-state index contributed by atoms with van der Waals surface area (Å²) < 4.78 is 0. The third-order valence-electron chi connectivity index (χ3n) is 12.4. The Morgan fingerprint density at radius 2 is 1.06 bits per heavy atom. The highest BCUT2D eigenvalue weighted by molar-refractivity contribution is 8.00. The second-order valence-electron chi connectivity index (χ2n) is 15.6. The van der Waals surface area contributed by atoms with Gasteiger partial charge in [0.25, 0.3) is 0 Å². The van der Waals surface area contributed by atoms with E-state index in [9.17, 15) is 0 Å². The second kappa shape index (κ2) is 9.43. The largest absolute Gasteiger partial charge is 0.117 e. The molecule has 1 aliphatic heterocycles. The Morgan fingerprint density at radius 1 is 0.469 bits per heavy atom. The number of benzene rings is 7. The zero-order chi connectivity index (χ0) is 32.8. The Hall–Kier alpha value is -4.85. The molecule has 234 valence electrons. The zero-order valence-electron chi connectivity index (χ0n) is 28.3. The van der Waals surface area contributed by atoms with Crippen molar-refractivity contribution in [2.75, 3.05) is 0 Å². The van der Waals surface area contributed by atoms with Crippen molar-refractivity contribution in [1.82, 2.24) is 0 Å². The lowest BCUT2D eigenvalue weighted by Gasteiger charge is -2.22. The van der Waals surface area contributed by atoms with Crippen LogP contribution in [-0.2, 0) is 10.8 Å². The first-order valence-electron chi connectivity index (χ1n) is 17.7. The SMILES string of the molecule is CC1(C)c2ccc(-c3ccc4c(c3)c3cccc5c3c3c(cccc43)C5(C)C)cc2-c2cc(-c3cccc4c3SC3C=CC=CC43)ccc21. The first-order valence-corrected chi connectivity index (χ1v) is 18.6. The predicted octanol–water partition coefficient (Wildman–Crippen LogP) is 13.1. The normalized spacial score (nSPS) is 19.9. The third kappa shape index (κ3) is 3.57. The molecule has 0 spiro atoms. The van der Waals surface area contributed by atoms with Crippen LogP contribution in [0.4, 0.5) is 0 Å². The molecule has 0 nitrogen and oxygen atoms in total. The van der Waals surface area contributed by atoms with Crippen molar-refractivity contribution in [2.45, 2.75) is 54.6 Å². The molecule has 7 aromatic rings. The molecule has 3 aliphatic carbocycles. The lowest BCUT2D eigenvalue weighted by molar-refractivity contribution is 0.660. The van der Waals surface area contributed by atoms with E-state index in [2.05, 4.69) is 161 Å². The molecule has 0 fully saturated rings. The fourth-order valence-corrected chi connectivity index (χ4v) is 11.3. The molecule has 0 saturated heterocycles. The summed E-state index contributed by atoms with van der Waals surface area (Å²) in [5.74, 6) is 0.470. The van der Waals surface area contributed by atoms with Gasteiger partial charge in [-0.2, -0.15) is 0 Å². The van der Waals surface area contributed by atoms with Crippen molar-refractivity contribution in [3.05, 3.63) is 161 Å². The van der Waals surface area contributed by atoms with E-state index >= 15 is 0 Å². The van der Waals surface area contributed by atoms with E-state index in [1.807, 2.05) is 11.8 Å². The van der Waals surface area contributed by atoms with Crippen molar-refractivity contribution in [1.29, 1.82) is 0 Å². The van der Waals surface area contributed by atoms with E-state index in [1.165, 1.54) is 98.4 Å². The van der Waals surface area contributed by atoms with Gasteiger partial charge >= 0.3 is 0 Å². The highest BCUT2D eigenvalue weighted by Crippen LogP contribution is 2.55. The van der Waals surface area contributed by atoms with Gasteiger partial charge in [0, 0.05) is 26.9 Å². The van der Waals surface area contributed by atoms with Crippen molar-refractivity contribution in [3.8, 4) is 33.4 Å². The van der Waals surface area contributed by atoms with Gasteiger partial charge in [0.2, 0.25) is 0 Å². The lowest BCUT2D eigenvalue weighted by Crippen LogP contribution is -2.14. The second-order valence-corrected chi connectivity index (χ2v) is 16.8. The number of thioether (sulfide) groups is 1. The van der Waals surface area contributed by atoms with Crippen LogP contribution in [-0.4, -0.2) is 5.25 Å². The van der Waals surface area contributed by atoms with Crippen LogP contribution < -0.4 is 0 Å². The summed E-state index contributed by atoms with van der Waals surface area (Å²) in [7, 11) is 0. The molecule has 0 radical (unpaired) electrons. The molecule has 4 aliphatic rings. The Labute approximate surface area is 292 Å². The molecule has 2 atom stereocenters. The van der Waals surface area contributed by atoms with E-state index < -0.39 is 0 Å². The molecule has 1 heterocycles. The zero-order valence-corrected chi connectivity index (χ0v) is 29.1.